The first-order valence-corrected chi connectivity index (χ1v) is 8.78. The number of aromatic hydroxyl groups is 1. The molecule has 5 rings (SSSR count). The first-order valence-electron chi connectivity index (χ1n) is 8.78. The van der Waals surface area contributed by atoms with Crippen LogP contribution in [0.2, 0.25) is 0 Å². The Labute approximate surface area is 151 Å². The molecule has 0 bridgehead atoms. The van der Waals surface area contributed by atoms with Crippen molar-refractivity contribution in [2.24, 2.45) is 0 Å². The molecule has 0 aliphatic carbocycles. The van der Waals surface area contributed by atoms with Gasteiger partial charge in [0.1, 0.15) is 11.3 Å². The molecule has 1 aliphatic heterocycles. The van der Waals surface area contributed by atoms with E-state index in [1.165, 1.54) is 0 Å². The standard InChI is InChI=1S/C20H20BNO4/c1-19(2)20(3,4)26-21(25-19)14-10-11(23)9-13-16(14)22-17-12-7-5-6-8-15(12)24-18(13)17/h5-10,22-23H,1-4H3. The van der Waals surface area contributed by atoms with E-state index in [9.17, 15) is 5.11 Å². The largest absolute Gasteiger partial charge is 0.508 e. The number of aromatic amines is 1. The van der Waals surface area contributed by atoms with Gasteiger partial charge in [0.25, 0.3) is 0 Å². The topological polar surface area (TPSA) is 67.6 Å². The van der Waals surface area contributed by atoms with Crippen LogP contribution in [0.25, 0.3) is 33.0 Å². The highest BCUT2D eigenvalue weighted by Gasteiger charge is 2.52. The van der Waals surface area contributed by atoms with Gasteiger partial charge in [-0.15, -0.1) is 0 Å². The Kier molecular flexibility index (Phi) is 2.94. The summed E-state index contributed by atoms with van der Waals surface area (Å²) in [6, 6.07) is 11.3. The van der Waals surface area contributed by atoms with Crippen LogP contribution in [0.4, 0.5) is 0 Å². The van der Waals surface area contributed by atoms with E-state index in [-0.39, 0.29) is 5.75 Å². The maximum atomic E-state index is 10.3. The molecule has 26 heavy (non-hydrogen) atoms. The molecule has 5 nitrogen and oxygen atoms in total. The van der Waals surface area contributed by atoms with E-state index in [0.717, 1.165) is 38.4 Å². The minimum atomic E-state index is -0.566. The molecule has 132 valence electrons. The highest BCUT2D eigenvalue weighted by atomic mass is 16.7. The van der Waals surface area contributed by atoms with Crippen molar-refractivity contribution >= 4 is 45.6 Å². The van der Waals surface area contributed by atoms with Crippen LogP contribution >= 0.6 is 0 Å². The summed E-state index contributed by atoms with van der Waals surface area (Å²) in [6.45, 7) is 8.06. The molecule has 1 fully saturated rings. The fraction of sp³-hybridized carbons (Fsp3) is 0.300. The van der Waals surface area contributed by atoms with Crippen molar-refractivity contribution in [2.75, 3.05) is 0 Å². The maximum absolute atomic E-state index is 10.3. The molecule has 0 saturated carbocycles. The van der Waals surface area contributed by atoms with Gasteiger partial charge in [-0.05, 0) is 52.0 Å². The smallest absolute Gasteiger partial charge is 0.497 e. The monoisotopic (exact) mass is 349 g/mol. The number of H-pyrrole nitrogens is 1. The summed E-state index contributed by atoms with van der Waals surface area (Å²) in [6.07, 6.45) is 0. The number of benzene rings is 2. The van der Waals surface area contributed by atoms with E-state index in [4.69, 9.17) is 13.7 Å². The van der Waals surface area contributed by atoms with Crippen LogP contribution in [0, 0.1) is 0 Å². The fourth-order valence-corrected chi connectivity index (χ4v) is 3.61. The third kappa shape index (κ3) is 2.00. The van der Waals surface area contributed by atoms with Gasteiger partial charge >= 0.3 is 7.12 Å². The number of hydrogen-bond acceptors (Lipinski definition) is 4. The van der Waals surface area contributed by atoms with Gasteiger partial charge in [-0.3, -0.25) is 0 Å². The van der Waals surface area contributed by atoms with Crippen LogP contribution in [0.1, 0.15) is 27.7 Å². The Morgan fingerprint density at radius 2 is 1.62 bits per heavy atom. The van der Waals surface area contributed by atoms with Gasteiger partial charge < -0.3 is 23.8 Å². The highest BCUT2D eigenvalue weighted by Crippen LogP contribution is 2.39. The number of nitrogens with one attached hydrogen (secondary N) is 1. The lowest BCUT2D eigenvalue weighted by Crippen LogP contribution is -2.41. The predicted octanol–water partition coefficient (Wildman–Crippen LogP) is 4.07. The molecule has 1 saturated heterocycles. The summed E-state index contributed by atoms with van der Waals surface area (Å²) in [5.74, 6) is 0.156. The summed E-state index contributed by atoms with van der Waals surface area (Å²) >= 11 is 0. The molecule has 0 amide bonds. The number of phenols is 1. The molecule has 0 atom stereocenters. The van der Waals surface area contributed by atoms with Gasteiger partial charge in [0.05, 0.1) is 16.7 Å². The third-order valence-corrected chi connectivity index (χ3v) is 5.75. The number of aromatic nitrogens is 1. The molecule has 1 aliphatic rings. The summed E-state index contributed by atoms with van der Waals surface area (Å²) in [5, 5.41) is 12.2. The second-order valence-corrected chi connectivity index (χ2v) is 7.97. The van der Waals surface area contributed by atoms with E-state index in [1.807, 2.05) is 52.0 Å². The number of fused-ring (bicyclic) bond motifs is 5. The number of para-hydroxylation sites is 1. The van der Waals surface area contributed by atoms with Crippen molar-refractivity contribution in [3.63, 3.8) is 0 Å². The van der Waals surface area contributed by atoms with Crippen LogP contribution in [0.3, 0.4) is 0 Å². The van der Waals surface area contributed by atoms with Crippen LogP contribution < -0.4 is 5.46 Å². The van der Waals surface area contributed by atoms with E-state index in [2.05, 4.69) is 4.98 Å². The average Bonchev–Trinajstić information content (AvgIpc) is 3.16. The van der Waals surface area contributed by atoms with Gasteiger partial charge in [0, 0.05) is 21.8 Å². The summed E-state index contributed by atoms with van der Waals surface area (Å²) in [7, 11) is -0.566. The first-order chi connectivity index (χ1) is 12.3. The van der Waals surface area contributed by atoms with E-state index < -0.39 is 18.3 Å². The lowest BCUT2D eigenvalue weighted by atomic mass is 9.77. The summed E-state index contributed by atoms with van der Waals surface area (Å²) in [4.78, 5) is 3.46. The predicted molar refractivity (Wildman–Crippen MR) is 103 cm³/mol. The molecule has 4 aromatic rings. The molecule has 6 heteroatoms. The first kappa shape index (κ1) is 15.8. The Morgan fingerprint density at radius 1 is 0.923 bits per heavy atom. The molecule has 0 unspecified atom stereocenters. The van der Waals surface area contributed by atoms with Crippen molar-refractivity contribution in [1.82, 2.24) is 4.98 Å². The van der Waals surface area contributed by atoms with Gasteiger partial charge in [-0.25, -0.2) is 0 Å². The van der Waals surface area contributed by atoms with Crippen LogP contribution in [-0.2, 0) is 9.31 Å². The normalized spacial score (nSPS) is 19.2. The molecular weight excluding hydrogens is 329 g/mol. The molecule has 0 radical (unpaired) electrons. The molecule has 0 spiro atoms. The lowest BCUT2D eigenvalue weighted by molar-refractivity contribution is 0.00578. The molecule has 3 heterocycles. The zero-order chi connectivity index (χ0) is 18.3. The Balaban J connectivity index is 1.77. The Morgan fingerprint density at radius 3 is 2.35 bits per heavy atom. The van der Waals surface area contributed by atoms with Crippen molar-refractivity contribution in [2.45, 2.75) is 38.9 Å². The Hall–Kier alpha value is -2.44. The van der Waals surface area contributed by atoms with Crippen LogP contribution in [0.15, 0.2) is 40.8 Å². The minimum Gasteiger partial charge on any atom is -0.508 e. The van der Waals surface area contributed by atoms with E-state index in [0.29, 0.717) is 0 Å². The maximum Gasteiger partial charge on any atom is 0.497 e. The van der Waals surface area contributed by atoms with E-state index in [1.54, 1.807) is 12.1 Å². The summed E-state index contributed by atoms with van der Waals surface area (Å²) in [5.41, 5.74) is 3.20. The second-order valence-electron chi connectivity index (χ2n) is 7.97. The number of hydrogen-bond donors (Lipinski definition) is 2. The number of furan rings is 1. The van der Waals surface area contributed by atoms with Gasteiger partial charge in [0.15, 0.2) is 5.58 Å². The zero-order valence-corrected chi connectivity index (χ0v) is 15.2. The van der Waals surface area contributed by atoms with Gasteiger partial charge in [-0.1, -0.05) is 12.1 Å². The van der Waals surface area contributed by atoms with Crippen LogP contribution in [0.5, 0.6) is 5.75 Å². The lowest BCUT2D eigenvalue weighted by Gasteiger charge is -2.32. The summed E-state index contributed by atoms with van der Waals surface area (Å²) < 4.78 is 18.4. The highest BCUT2D eigenvalue weighted by molar-refractivity contribution is 6.65. The molecule has 2 aromatic heterocycles. The second kappa shape index (κ2) is 4.84. The number of phenolic OH excluding ortho intramolecular Hbond substituents is 1. The average molecular weight is 349 g/mol. The van der Waals surface area contributed by atoms with Crippen molar-refractivity contribution in [1.29, 1.82) is 0 Å². The van der Waals surface area contributed by atoms with Crippen LogP contribution in [-0.4, -0.2) is 28.4 Å². The molecule has 2 aromatic carbocycles. The molecule has 2 N–H and O–H groups in total. The zero-order valence-electron chi connectivity index (χ0n) is 15.2. The van der Waals surface area contributed by atoms with Gasteiger partial charge in [-0.2, -0.15) is 0 Å². The minimum absolute atomic E-state index is 0.156. The molecular formula is C20H20BNO4. The Bertz CT molecular complexity index is 1150. The van der Waals surface area contributed by atoms with E-state index >= 15 is 0 Å². The van der Waals surface area contributed by atoms with Crippen molar-refractivity contribution < 1.29 is 18.8 Å². The van der Waals surface area contributed by atoms with Gasteiger partial charge in [0.2, 0.25) is 0 Å². The van der Waals surface area contributed by atoms with Crippen molar-refractivity contribution in [3.05, 3.63) is 36.4 Å². The number of rotatable bonds is 1. The van der Waals surface area contributed by atoms with Crippen molar-refractivity contribution in [3.8, 4) is 5.75 Å². The quantitative estimate of drug-likeness (QED) is 0.508. The fourth-order valence-electron chi connectivity index (χ4n) is 3.61. The third-order valence-electron chi connectivity index (χ3n) is 5.75. The SMILES string of the molecule is CC1(C)OB(c2cc(O)cc3c2[nH]c2c4ccccc4oc32)OC1(C)C.